The molecule has 0 N–H and O–H groups in total. The molecule has 0 aromatic heterocycles. The van der Waals surface area contributed by atoms with Crippen LogP contribution in [-0.2, 0) is 0 Å². The highest BCUT2D eigenvalue weighted by Crippen LogP contribution is 2.57. The first-order valence-corrected chi connectivity index (χ1v) is 3.20. The van der Waals surface area contributed by atoms with Gasteiger partial charge in [-0.2, -0.15) is 13.2 Å². The van der Waals surface area contributed by atoms with Crippen LogP contribution in [0.2, 0.25) is 0 Å². The van der Waals surface area contributed by atoms with Gasteiger partial charge >= 0.3 is 6.18 Å². The SMILES string of the molecule is CC1C(C(F)F)C1C(F)(F)F. The van der Waals surface area contributed by atoms with E-state index in [-0.39, 0.29) is 0 Å². The zero-order valence-corrected chi connectivity index (χ0v) is 5.70. The molecule has 0 radical (unpaired) electrons. The molecule has 1 aliphatic carbocycles. The maximum absolute atomic E-state index is 11.8. The second-order valence-electron chi connectivity index (χ2n) is 2.84. The largest absolute Gasteiger partial charge is 0.392 e. The number of alkyl halides is 5. The summed E-state index contributed by atoms with van der Waals surface area (Å²) in [5.74, 6) is -4.15. The van der Waals surface area contributed by atoms with Gasteiger partial charge in [0.25, 0.3) is 0 Å². The molecule has 0 aromatic rings. The van der Waals surface area contributed by atoms with Crippen LogP contribution < -0.4 is 0 Å². The smallest absolute Gasteiger partial charge is 0.210 e. The van der Waals surface area contributed by atoms with Crippen molar-refractivity contribution in [3.63, 3.8) is 0 Å². The van der Waals surface area contributed by atoms with Crippen molar-refractivity contribution in [1.82, 2.24) is 0 Å². The summed E-state index contributed by atoms with van der Waals surface area (Å²) in [6.45, 7) is 1.20. The van der Waals surface area contributed by atoms with Crippen LogP contribution in [0.1, 0.15) is 6.92 Å². The molecule has 0 aromatic carbocycles. The molecule has 1 fully saturated rings. The summed E-state index contributed by atoms with van der Waals surface area (Å²) in [5.41, 5.74) is 0. The summed E-state index contributed by atoms with van der Waals surface area (Å²) >= 11 is 0. The molecule has 0 bridgehead atoms. The Morgan fingerprint density at radius 3 is 1.73 bits per heavy atom. The molecule has 1 aliphatic rings. The average molecular weight is 174 g/mol. The molecular weight excluding hydrogens is 167 g/mol. The molecule has 0 heterocycles. The van der Waals surface area contributed by atoms with Gasteiger partial charge in [0.1, 0.15) is 0 Å². The average Bonchev–Trinajstić information content (AvgIpc) is 2.38. The standard InChI is InChI=1S/C6H7F5/c1-2-3(5(7)8)4(2)6(9,10)11/h2-5H,1H3. The Bertz CT molecular complexity index is 150. The van der Waals surface area contributed by atoms with Crippen molar-refractivity contribution < 1.29 is 22.0 Å². The number of hydrogen-bond acceptors (Lipinski definition) is 0. The molecule has 0 amide bonds. The van der Waals surface area contributed by atoms with E-state index in [1.54, 1.807) is 0 Å². The molecule has 11 heavy (non-hydrogen) atoms. The monoisotopic (exact) mass is 174 g/mol. The van der Waals surface area contributed by atoms with Crippen LogP contribution in [0.15, 0.2) is 0 Å². The molecule has 1 saturated carbocycles. The van der Waals surface area contributed by atoms with Gasteiger partial charge in [0, 0.05) is 5.92 Å². The molecule has 5 heteroatoms. The second kappa shape index (κ2) is 2.32. The zero-order valence-electron chi connectivity index (χ0n) is 5.70. The number of hydrogen-bond donors (Lipinski definition) is 0. The van der Waals surface area contributed by atoms with E-state index < -0.39 is 30.4 Å². The van der Waals surface area contributed by atoms with E-state index in [1.807, 2.05) is 0 Å². The maximum Gasteiger partial charge on any atom is 0.392 e. The van der Waals surface area contributed by atoms with Crippen molar-refractivity contribution in [2.45, 2.75) is 19.5 Å². The van der Waals surface area contributed by atoms with E-state index in [0.29, 0.717) is 0 Å². The van der Waals surface area contributed by atoms with Crippen LogP contribution in [0, 0.1) is 17.8 Å². The van der Waals surface area contributed by atoms with Crippen molar-refractivity contribution in [2.75, 3.05) is 0 Å². The third-order valence-electron chi connectivity index (χ3n) is 2.12. The minimum atomic E-state index is -4.44. The molecular formula is C6H7F5. The third-order valence-corrected chi connectivity index (χ3v) is 2.12. The Labute approximate surface area is 60.4 Å². The molecule has 1 rings (SSSR count). The van der Waals surface area contributed by atoms with E-state index in [1.165, 1.54) is 6.92 Å². The predicted octanol–water partition coefficient (Wildman–Crippen LogP) is 2.70. The first-order chi connectivity index (χ1) is 4.85. The van der Waals surface area contributed by atoms with E-state index in [2.05, 4.69) is 0 Å². The van der Waals surface area contributed by atoms with Crippen molar-refractivity contribution in [1.29, 1.82) is 0 Å². The molecule has 0 nitrogen and oxygen atoms in total. The minimum Gasteiger partial charge on any atom is -0.210 e. The normalized spacial score (nSPS) is 37.9. The Morgan fingerprint density at radius 2 is 1.64 bits per heavy atom. The van der Waals surface area contributed by atoms with E-state index in [0.717, 1.165) is 0 Å². The summed E-state index contributed by atoms with van der Waals surface area (Å²) in [7, 11) is 0. The zero-order chi connectivity index (χ0) is 8.81. The van der Waals surface area contributed by atoms with Gasteiger partial charge in [0.2, 0.25) is 6.43 Å². The van der Waals surface area contributed by atoms with Crippen molar-refractivity contribution in [2.24, 2.45) is 17.8 Å². The molecule has 66 valence electrons. The van der Waals surface area contributed by atoms with Crippen LogP contribution >= 0.6 is 0 Å². The van der Waals surface area contributed by atoms with Crippen molar-refractivity contribution in [3.05, 3.63) is 0 Å². The number of rotatable bonds is 1. The quantitative estimate of drug-likeness (QED) is 0.536. The summed E-state index contributed by atoms with van der Waals surface area (Å²) in [4.78, 5) is 0. The van der Waals surface area contributed by atoms with Gasteiger partial charge in [-0.3, -0.25) is 0 Å². The fourth-order valence-electron chi connectivity index (χ4n) is 1.40. The fraction of sp³-hybridized carbons (Fsp3) is 1.00. The van der Waals surface area contributed by atoms with Gasteiger partial charge < -0.3 is 0 Å². The molecule has 0 aliphatic heterocycles. The predicted molar refractivity (Wildman–Crippen MR) is 28.2 cm³/mol. The highest BCUT2D eigenvalue weighted by atomic mass is 19.4. The van der Waals surface area contributed by atoms with Crippen molar-refractivity contribution in [3.8, 4) is 0 Å². The summed E-state index contributed by atoms with van der Waals surface area (Å²) in [6.07, 6.45) is -7.28. The van der Waals surface area contributed by atoms with Crippen LogP contribution in [0.5, 0.6) is 0 Å². The van der Waals surface area contributed by atoms with E-state index in [4.69, 9.17) is 0 Å². The minimum absolute atomic E-state index is 0.907. The summed E-state index contributed by atoms with van der Waals surface area (Å²) < 4.78 is 58.8. The van der Waals surface area contributed by atoms with Crippen LogP contribution in [0.25, 0.3) is 0 Å². The lowest BCUT2D eigenvalue weighted by Crippen LogP contribution is -2.14. The molecule has 3 atom stereocenters. The topological polar surface area (TPSA) is 0 Å². The Hall–Kier alpha value is -0.350. The molecule has 0 spiro atoms. The van der Waals surface area contributed by atoms with Gasteiger partial charge in [-0.25, -0.2) is 8.78 Å². The van der Waals surface area contributed by atoms with Gasteiger partial charge in [-0.05, 0) is 5.92 Å². The fourth-order valence-corrected chi connectivity index (χ4v) is 1.40. The Balaban J connectivity index is 2.55. The van der Waals surface area contributed by atoms with Gasteiger partial charge in [-0.1, -0.05) is 6.92 Å². The Morgan fingerprint density at radius 1 is 1.18 bits per heavy atom. The van der Waals surface area contributed by atoms with Gasteiger partial charge in [0.15, 0.2) is 0 Å². The second-order valence-corrected chi connectivity index (χ2v) is 2.84. The van der Waals surface area contributed by atoms with Gasteiger partial charge in [0.05, 0.1) is 5.92 Å². The maximum atomic E-state index is 11.8. The van der Waals surface area contributed by atoms with Crippen LogP contribution in [0.4, 0.5) is 22.0 Å². The first-order valence-electron chi connectivity index (χ1n) is 3.20. The van der Waals surface area contributed by atoms with Crippen LogP contribution in [-0.4, -0.2) is 12.6 Å². The summed E-state index contributed by atoms with van der Waals surface area (Å²) in [6, 6.07) is 0. The number of halogens is 5. The van der Waals surface area contributed by atoms with Crippen LogP contribution in [0.3, 0.4) is 0 Å². The lowest BCUT2D eigenvalue weighted by Gasteiger charge is -2.03. The lowest BCUT2D eigenvalue weighted by molar-refractivity contribution is -0.157. The lowest BCUT2D eigenvalue weighted by atomic mass is 10.3. The molecule has 3 unspecified atom stereocenters. The highest BCUT2D eigenvalue weighted by Gasteiger charge is 2.65. The first kappa shape index (κ1) is 8.74. The highest BCUT2D eigenvalue weighted by molar-refractivity contribution is 4.99. The van der Waals surface area contributed by atoms with Gasteiger partial charge in [-0.15, -0.1) is 0 Å². The Kier molecular flexibility index (Phi) is 1.84. The van der Waals surface area contributed by atoms with E-state index in [9.17, 15) is 22.0 Å². The van der Waals surface area contributed by atoms with E-state index >= 15 is 0 Å². The third kappa shape index (κ3) is 1.46. The molecule has 0 saturated heterocycles. The van der Waals surface area contributed by atoms with Crippen molar-refractivity contribution >= 4 is 0 Å². The summed E-state index contributed by atoms with van der Waals surface area (Å²) in [5, 5.41) is 0.